The van der Waals surface area contributed by atoms with Crippen molar-refractivity contribution in [2.75, 3.05) is 17.1 Å². The molecular weight excluding hydrogens is 420 g/mol. The van der Waals surface area contributed by atoms with Gasteiger partial charge < -0.3 is 14.8 Å². The molecule has 3 rings (SSSR count). The van der Waals surface area contributed by atoms with E-state index in [1.165, 1.54) is 43.8 Å². The van der Waals surface area contributed by atoms with Gasteiger partial charge in [0.25, 0.3) is 15.9 Å². The molecule has 0 unspecified atom stereocenters. The number of ether oxygens (including phenoxy) is 2. The topological polar surface area (TPSA) is 120 Å². The van der Waals surface area contributed by atoms with Crippen molar-refractivity contribution in [1.29, 1.82) is 0 Å². The molecular formula is C21H22N4O5S. The third-order valence-corrected chi connectivity index (χ3v) is 5.35. The van der Waals surface area contributed by atoms with Gasteiger partial charge >= 0.3 is 0 Å². The Kier molecular flexibility index (Phi) is 6.71. The lowest BCUT2D eigenvalue weighted by Crippen LogP contribution is -2.15. The van der Waals surface area contributed by atoms with Crippen LogP contribution in [-0.2, 0) is 10.0 Å². The van der Waals surface area contributed by atoms with Crippen molar-refractivity contribution in [1.82, 2.24) is 9.97 Å². The number of nitrogens with one attached hydrogen (secondary N) is 2. The molecule has 0 bridgehead atoms. The van der Waals surface area contributed by atoms with Crippen molar-refractivity contribution in [3.05, 3.63) is 66.5 Å². The number of aromatic nitrogens is 2. The Morgan fingerprint density at radius 2 is 1.77 bits per heavy atom. The molecule has 2 N–H and O–H groups in total. The van der Waals surface area contributed by atoms with E-state index in [9.17, 15) is 13.2 Å². The second kappa shape index (κ2) is 9.43. The van der Waals surface area contributed by atoms with Gasteiger partial charge in [-0.25, -0.2) is 18.4 Å². The van der Waals surface area contributed by atoms with Gasteiger partial charge in [-0.1, -0.05) is 6.07 Å². The van der Waals surface area contributed by atoms with Gasteiger partial charge in [0.1, 0.15) is 17.9 Å². The monoisotopic (exact) mass is 442 g/mol. The summed E-state index contributed by atoms with van der Waals surface area (Å²) in [4.78, 5) is 20.2. The first-order chi connectivity index (χ1) is 14.8. The molecule has 162 valence electrons. The van der Waals surface area contributed by atoms with Crippen LogP contribution >= 0.6 is 0 Å². The van der Waals surface area contributed by atoms with Crippen LogP contribution in [0, 0.1) is 0 Å². The highest BCUT2D eigenvalue weighted by atomic mass is 32.2. The van der Waals surface area contributed by atoms with E-state index in [4.69, 9.17) is 9.47 Å². The van der Waals surface area contributed by atoms with Crippen molar-refractivity contribution in [3.8, 4) is 11.6 Å². The molecule has 9 nitrogen and oxygen atoms in total. The number of anilines is 2. The predicted molar refractivity (Wildman–Crippen MR) is 116 cm³/mol. The first-order valence-electron chi connectivity index (χ1n) is 9.34. The Hall–Kier alpha value is -3.66. The molecule has 0 saturated heterocycles. The van der Waals surface area contributed by atoms with Crippen molar-refractivity contribution >= 4 is 27.4 Å². The van der Waals surface area contributed by atoms with Gasteiger partial charge in [-0.3, -0.25) is 9.52 Å². The lowest BCUT2D eigenvalue weighted by atomic mass is 10.2. The van der Waals surface area contributed by atoms with E-state index in [0.717, 1.165) is 0 Å². The van der Waals surface area contributed by atoms with Gasteiger partial charge in [0.2, 0.25) is 5.88 Å². The smallest absolute Gasteiger partial charge is 0.263 e. The average Bonchev–Trinajstić information content (AvgIpc) is 2.73. The number of benzene rings is 2. The first-order valence-corrected chi connectivity index (χ1v) is 10.8. The molecule has 0 atom stereocenters. The lowest BCUT2D eigenvalue weighted by Gasteiger charge is -2.11. The number of hydrogen-bond donors (Lipinski definition) is 2. The van der Waals surface area contributed by atoms with Crippen molar-refractivity contribution in [2.24, 2.45) is 0 Å². The molecule has 0 saturated carbocycles. The van der Waals surface area contributed by atoms with Crippen LogP contribution in [0.2, 0.25) is 0 Å². The highest BCUT2D eigenvalue weighted by molar-refractivity contribution is 7.92. The number of nitrogens with zero attached hydrogens (tertiary/aromatic N) is 2. The molecule has 0 aliphatic carbocycles. The van der Waals surface area contributed by atoms with Gasteiger partial charge in [-0.2, -0.15) is 0 Å². The fourth-order valence-electron chi connectivity index (χ4n) is 2.61. The maximum Gasteiger partial charge on any atom is 0.263 e. The number of carbonyl (C=O) groups is 1. The first kappa shape index (κ1) is 22.0. The quantitative estimate of drug-likeness (QED) is 0.549. The zero-order valence-electron chi connectivity index (χ0n) is 17.2. The van der Waals surface area contributed by atoms with Crippen molar-refractivity contribution in [3.63, 3.8) is 0 Å². The number of carbonyl (C=O) groups excluding carboxylic acids is 1. The number of rotatable bonds is 8. The van der Waals surface area contributed by atoms with E-state index < -0.39 is 10.0 Å². The third kappa shape index (κ3) is 5.92. The van der Waals surface area contributed by atoms with E-state index in [1.807, 2.05) is 13.8 Å². The summed E-state index contributed by atoms with van der Waals surface area (Å²) < 4.78 is 38.1. The van der Waals surface area contributed by atoms with E-state index in [0.29, 0.717) is 17.0 Å². The SMILES string of the molecule is COc1cc(NS(=O)(=O)c2ccc(NC(=O)c3cccc(OC(C)C)c3)cc2)ncn1. The third-order valence-electron chi connectivity index (χ3n) is 3.98. The molecule has 0 radical (unpaired) electrons. The van der Waals surface area contributed by atoms with E-state index in [2.05, 4.69) is 20.0 Å². The molecule has 0 aliphatic rings. The van der Waals surface area contributed by atoms with Gasteiger partial charge in [-0.05, 0) is 56.3 Å². The molecule has 1 heterocycles. The Labute approximate surface area is 180 Å². The van der Waals surface area contributed by atoms with Crippen LogP contribution < -0.4 is 19.5 Å². The summed E-state index contributed by atoms with van der Waals surface area (Å²) in [6.07, 6.45) is 1.18. The molecule has 3 aromatic rings. The van der Waals surface area contributed by atoms with E-state index in [-0.39, 0.29) is 28.6 Å². The highest BCUT2D eigenvalue weighted by Crippen LogP contribution is 2.20. The van der Waals surface area contributed by atoms with Crippen LogP contribution in [0.3, 0.4) is 0 Å². The number of hydrogen-bond acceptors (Lipinski definition) is 7. The second-order valence-electron chi connectivity index (χ2n) is 6.72. The minimum absolute atomic E-state index is 0.00940. The predicted octanol–water partition coefficient (Wildman–Crippen LogP) is 3.33. The van der Waals surface area contributed by atoms with Crippen LogP contribution in [0.5, 0.6) is 11.6 Å². The van der Waals surface area contributed by atoms with E-state index >= 15 is 0 Å². The summed E-state index contributed by atoms with van der Waals surface area (Å²) in [5.41, 5.74) is 0.872. The normalized spacial score (nSPS) is 11.1. The minimum Gasteiger partial charge on any atom is -0.491 e. The Morgan fingerprint density at radius 1 is 1.03 bits per heavy atom. The summed E-state index contributed by atoms with van der Waals surface area (Å²) in [5.74, 6) is 0.564. The standard InChI is InChI=1S/C21H22N4O5S/c1-14(2)30-17-6-4-5-15(11-17)21(26)24-16-7-9-18(10-8-16)31(27,28)25-19-12-20(29-3)23-13-22-19/h4-14H,1-3H3,(H,24,26)(H,22,23,25). The average molecular weight is 442 g/mol. The second-order valence-corrected chi connectivity index (χ2v) is 8.41. The molecule has 0 aliphatic heterocycles. The summed E-state index contributed by atoms with van der Waals surface area (Å²) >= 11 is 0. The summed E-state index contributed by atoms with van der Waals surface area (Å²) in [7, 11) is -2.46. The van der Waals surface area contributed by atoms with Gasteiger partial charge in [0.15, 0.2) is 0 Å². The fourth-order valence-corrected chi connectivity index (χ4v) is 3.61. The van der Waals surface area contributed by atoms with Crippen LogP contribution in [-0.4, -0.2) is 37.5 Å². The summed E-state index contributed by atoms with van der Waals surface area (Å²) in [6.45, 7) is 3.80. The van der Waals surface area contributed by atoms with Gasteiger partial charge in [0.05, 0.1) is 18.1 Å². The molecule has 0 fully saturated rings. The Balaban J connectivity index is 1.70. The Morgan fingerprint density at radius 3 is 2.45 bits per heavy atom. The van der Waals surface area contributed by atoms with Crippen LogP contribution in [0.15, 0.2) is 65.8 Å². The molecule has 0 spiro atoms. The van der Waals surface area contributed by atoms with E-state index in [1.54, 1.807) is 24.3 Å². The molecule has 2 aromatic carbocycles. The zero-order valence-corrected chi connectivity index (χ0v) is 18.0. The van der Waals surface area contributed by atoms with Crippen LogP contribution in [0.4, 0.5) is 11.5 Å². The largest absolute Gasteiger partial charge is 0.491 e. The molecule has 1 amide bonds. The Bertz CT molecular complexity index is 1160. The minimum atomic E-state index is -3.88. The number of sulfonamides is 1. The van der Waals surface area contributed by atoms with Crippen molar-refractivity contribution < 1.29 is 22.7 Å². The maximum atomic E-state index is 12.6. The van der Waals surface area contributed by atoms with Gasteiger partial charge in [0, 0.05) is 17.3 Å². The highest BCUT2D eigenvalue weighted by Gasteiger charge is 2.16. The lowest BCUT2D eigenvalue weighted by molar-refractivity contribution is 0.102. The number of amides is 1. The molecule has 1 aromatic heterocycles. The van der Waals surface area contributed by atoms with Crippen molar-refractivity contribution in [2.45, 2.75) is 24.8 Å². The summed E-state index contributed by atoms with van der Waals surface area (Å²) in [6, 6.07) is 14.0. The van der Waals surface area contributed by atoms with Crippen LogP contribution in [0.25, 0.3) is 0 Å². The van der Waals surface area contributed by atoms with Gasteiger partial charge in [-0.15, -0.1) is 0 Å². The summed E-state index contributed by atoms with van der Waals surface area (Å²) in [5, 5.41) is 2.74. The van der Waals surface area contributed by atoms with Crippen LogP contribution in [0.1, 0.15) is 24.2 Å². The zero-order chi connectivity index (χ0) is 22.4. The molecule has 10 heteroatoms. The fraction of sp³-hybridized carbons (Fsp3) is 0.190. The molecule has 31 heavy (non-hydrogen) atoms. The maximum absolute atomic E-state index is 12.6. The number of methoxy groups -OCH3 is 1.